The van der Waals surface area contributed by atoms with E-state index in [2.05, 4.69) is 19.1 Å². The molecule has 1 aliphatic carbocycles. The first-order valence-corrected chi connectivity index (χ1v) is 5.13. The molecule has 0 spiro atoms. The van der Waals surface area contributed by atoms with Crippen LogP contribution in [0.1, 0.15) is 31.4 Å². The van der Waals surface area contributed by atoms with Crippen molar-refractivity contribution in [2.24, 2.45) is 5.73 Å². The highest BCUT2D eigenvalue weighted by molar-refractivity contribution is 5.29. The third-order valence-electron chi connectivity index (χ3n) is 3.43. The minimum absolute atomic E-state index is 0.0509. The molecule has 2 saturated heterocycles. The number of benzene rings is 1. The number of ether oxygens (including phenoxy) is 1. The molecule has 2 aliphatic heterocycles. The van der Waals surface area contributed by atoms with Gasteiger partial charge in [0, 0.05) is 0 Å². The van der Waals surface area contributed by atoms with E-state index in [1.165, 1.54) is 5.56 Å². The molecule has 2 N–H and O–H groups in total. The van der Waals surface area contributed by atoms with Gasteiger partial charge in [-0.05, 0) is 25.3 Å². The van der Waals surface area contributed by atoms with Crippen LogP contribution in [0, 0.1) is 0 Å². The standard InChI is InChI=1S/C12H15NO/c1-11-7-12(13,8-11)10(14-11)9-5-3-2-4-6-9/h2-6,10H,7-8,13H2,1H3. The van der Waals surface area contributed by atoms with Crippen LogP contribution in [0.25, 0.3) is 0 Å². The van der Waals surface area contributed by atoms with E-state index in [4.69, 9.17) is 10.5 Å². The summed E-state index contributed by atoms with van der Waals surface area (Å²) in [5.41, 5.74) is 7.45. The molecule has 1 aromatic carbocycles. The Hall–Kier alpha value is -0.860. The molecule has 3 fully saturated rings. The van der Waals surface area contributed by atoms with Crippen molar-refractivity contribution in [1.29, 1.82) is 0 Å². The molecule has 1 saturated carbocycles. The summed E-state index contributed by atoms with van der Waals surface area (Å²) < 4.78 is 5.99. The maximum Gasteiger partial charge on any atom is 0.101 e. The second kappa shape index (κ2) is 2.38. The number of fused-ring (bicyclic) bond motifs is 1. The Labute approximate surface area is 84.1 Å². The maximum absolute atomic E-state index is 6.28. The second-order valence-corrected chi connectivity index (χ2v) is 4.95. The highest BCUT2D eigenvalue weighted by Crippen LogP contribution is 2.59. The molecular formula is C12H15NO. The van der Waals surface area contributed by atoms with Crippen LogP contribution in [0.5, 0.6) is 0 Å². The Morgan fingerprint density at radius 2 is 1.93 bits per heavy atom. The summed E-state index contributed by atoms with van der Waals surface area (Å²) in [5.74, 6) is 0. The van der Waals surface area contributed by atoms with Crippen molar-refractivity contribution in [3.8, 4) is 0 Å². The number of rotatable bonds is 1. The van der Waals surface area contributed by atoms with Gasteiger partial charge < -0.3 is 10.5 Å². The largest absolute Gasteiger partial charge is 0.365 e. The third-order valence-corrected chi connectivity index (χ3v) is 3.43. The Morgan fingerprint density at radius 3 is 2.43 bits per heavy atom. The number of hydrogen-bond donors (Lipinski definition) is 1. The fourth-order valence-electron chi connectivity index (χ4n) is 3.04. The predicted molar refractivity (Wildman–Crippen MR) is 54.8 cm³/mol. The van der Waals surface area contributed by atoms with E-state index < -0.39 is 0 Å². The van der Waals surface area contributed by atoms with Crippen LogP contribution in [0.2, 0.25) is 0 Å². The van der Waals surface area contributed by atoms with Gasteiger partial charge in [-0.25, -0.2) is 0 Å². The quantitative estimate of drug-likeness (QED) is 0.733. The average Bonchev–Trinajstić information content (AvgIpc) is 2.53. The van der Waals surface area contributed by atoms with Crippen molar-refractivity contribution >= 4 is 0 Å². The van der Waals surface area contributed by atoms with E-state index in [0.29, 0.717) is 0 Å². The van der Waals surface area contributed by atoms with Crippen LogP contribution in [0.3, 0.4) is 0 Å². The van der Waals surface area contributed by atoms with Gasteiger partial charge in [0.05, 0.1) is 11.1 Å². The van der Waals surface area contributed by atoms with Gasteiger partial charge in [-0.15, -0.1) is 0 Å². The van der Waals surface area contributed by atoms with Crippen LogP contribution in [0.4, 0.5) is 0 Å². The number of nitrogens with two attached hydrogens (primary N) is 1. The van der Waals surface area contributed by atoms with Gasteiger partial charge >= 0.3 is 0 Å². The van der Waals surface area contributed by atoms with E-state index >= 15 is 0 Å². The van der Waals surface area contributed by atoms with Gasteiger partial charge in [0.1, 0.15) is 6.10 Å². The number of hydrogen-bond acceptors (Lipinski definition) is 2. The van der Waals surface area contributed by atoms with Gasteiger partial charge in [-0.2, -0.15) is 0 Å². The zero-order valence-corrected chi connectivity index (χ0v) is 8.36. The van der Waals surface area contributed by atoms with Gasteiger partial charge in [-0.3, -0.25) is 0 Å². The monoisotopic (exact) mass is 189 g/mol. The lowest BCUT2D eigenvalue weighted by atomic mass is 9.67. The zero-order chi connectivity index (χ0) is 9.81. The molecule has 3 aliphatic rings. The lowest BCUT2D eigenvalue weighted by molar-refractivity contribution is -0.00896. The van der Waals surface area contributed by atoms with Crippen LogP contribution in [-0.2, 0) is 4.74 Å². The molecule has 0 aromatic heterocycles. The van der Waals surface area contributed by atoms with Crippen molar-refractivity contribution in [3.63, 3.8) is 0 Å². The zero-order valence-electron chi connectivity index (χ0n) is 8.36. The second-order valence-electron chi connectivity index (χ2n) is 4.95. The fourth-order valence-corrected chi connectivity index (χ4v) is 3.04. The smallest absolute Gasteiger partial charge is 0.101 e. The Balaban J connectivity index is 1.95. The van der Waals surface area contributed by atoms with Gasteiger partial charge in [0.2, 0.25) is 0 Å². The SMILES string of the molecule is CC12CC(N)(C1)C(c1ccccc1)O2. The maximum atomic E-state index is 6.28. The van der Waals surface area contributed by atoms with Crippen molar-refractivity contribution in [1.82, 2.24) is 0 Å². The molecule has 2 bridgehead atoms. The Kier molecular flexibility index (Phi) is 1.44. The molecule has 2 nitrogen and oxygen atoms in total. The molecule has 2 heterocycles. The predicted octanol–water partition coefficient (Wildman–Crippen LogP) is 2.01. The Morgan fingerprint density at radius 1 is 1.29 bits per heavy atom. The van der Waals surface area contributed by atoms with Crippen LogP contribution in [-0.4, -0.2) is 11.1 Å². The third kappa shape index (κ3) is 0.983. The first-order chi connectivity index (χ1) is 6.61. The molecule has 1 unspecified atom stereocenters. The van der Waals surface area contributed by atoms with E-state index in [1.807, 2.05) is 18.2 Å². The topological polar surface area (TPSA) is 35.2 Å². The summed E-state index contributed by atoms with van der Waals surface area (Å²) in [6.07, 6.45) is 2.10. The summed E-state index contributed by atoms with van der Waals surface area (Å²) >= 11 is 0. The van der Waals surface area contributed by atoms with Crippen molar-refractivity contribution in [3.05, 3.63) is 35.9 Å². The average molecular weight is 189 g/mol. The first-order valence-electron chi connectivity index (χ1n) is 5.13. The first kappa shape index (κ1) is 8.45. The summed E-state index contributed by atoms with van der Waals surface area (Å²) in [6.45, 7) is 2.15. The van der Waals surface area contributed by atoms with Gasteiger partial charge in [-0.1, -0.05) is 30.3 Å². The summed E-state index contributed by atoms with van der Waals surface area (Å²) in [6, 6.07) is 10.3. The fraction of sp³-hybridized carbons (Fsp3) is 0.500. The van der Waals surface area contributed by atoms with E-state index in [-0.39, 0.29) is 17.2 Å². The lowest BCUT2D eigenvalue weighted by Gasteiger charge is -2.40. The lowest BCUT2D eigenvalue weighted by Crippen LogP contribution is -2.54. The van der Waals surface area contributed by atoms with Gasteiger partial charge in [0.15, 0.2) is 0 Å². The Bertz CT molecular complexity index is 354. The van der Waals surface area contributed by atoms with Gasteiger partial charge in [0.25, 0.3) is 0 Å². The summed E-state index contributed by atoms with van der Waals surface area (Å²) in [5, 5.41) is 0. The molecule has 1 atom stereocenters. The molecule has 0 radical (unpaired) electrons. The molecule has 4 rings (SSSR count). The van der Waals surface area contributed by atoms with Crippen molar-refractivity contribution < 1.29 is 4.74 Å². The van der Waals surface area contributed by atoms with Crippen LogP contribution >= 0.6 is 0 Å². The van der Waals surface area contributed by atoms with Crippen molar-refractivity contribution in [2.75, 3.05) is 0 Å². The molecule has 14 heavy (non-hydrogen) atoms. The summed E-state index contributed by atoms with van der Waals surface area (Å²) in [4.78, 5) is 0. The molecule has 2 heteroatoms. The van der Waals surface area contributed by atoms with Crippen LogP contribution < -0.4 is 5.73 Å². The highest BCUT2D eigenvalue weighted by atomic mass is 16.5. The highest BCUT2D eigenvalue weighted by Gasteiger charge is 2.63. The molecule has 74 valence electrons. The van der Waals surface area contributed by atoms with Crippen LogP contribution in [0.15, 0.2) is 30.3 Å². The minimum Gasteiger partial charge on any atom is -0.365 e. The summed E-state index contributed by atoms with van der Waals surface area (Å²) in [7, 11) is 0. The van der Waals surface area contributed by atoms with E-state index in [9.17, 15) is 0 Å². The van der Waals surface area contributed by atoms with E-state index in [0.717, 1.165) is 12.8 Å². The molecule has 1 aromatic rings. The molecular weight excluding hydrogens is 174 g/mol. The molecule has 0 amide bonds. The van der Waals surface area contributed by atoms with E-state index in [1.54, 1.807) is 0 Å². The van der Waals surface area contributed by atoms with Crippen molar-refractivity contribution in [2.45, 2.75) is 37.0 Å². The normalized spacial score (nSPS) is 44.9. The minimum atomic E-state index is -0.101.